The van der Waals surface area contributed by atoms with Crippen molar-refractivity contribution in [3.05, 3.63) is 42.0 Å². The Morgan fingerprint density at radius 1 is 1.12 bits per heavy atom. The Labute approximate surface area is 152 Å². The van der Waals surface area contributed by atoms with Crippen LogP contribution in [-0.2, 0) is 0 Å². The average Bonchev–Trinajstić information content (AvgIpc) is 2.68. The second-order valence-electron chi connectivity index (χ2n) is 6.77. The van der Waals surface area contributed by atoms with Gasteiger partial charge in [0.2, 0.25) is 0 Å². The highest BCUT2D eigenvalue weighted by Crippen LogP contribution is 2.26. The van der Waals surface area contributed by atoms with E-state index in [0.717, 1.165) is 35.4 Å². The van der Waals surface area contributed by atoms with Gasteiger partial charge in [0.05, 0.1) is 7.11 Å². The molecule has 3 heteroatoms. The van der Waals surface area contributed by atoms with Gasteiger partial charge in [0.1, 0.15) is 5.75 Å². The summed E-state index contributed by atoms with van der Waals surface area (Å²) in [5, 5.41) is 11.0. The van der Waals surface area contributed by atoms with E-state index in [1.165, 1.54) is 18.4 Å². The van der Waals surface area contributed by atoms with Crippen molar-refractivity contribution in [2.75, 3.05) is 20.2 Å². The number of fused-ring (bicyclic) bond motifs is 1. The minimum absolute atomic E-state index is 0.349. The minimum Gasteiger partial charge on any atom is -0.497 e. The van der Waals surface area contributed by atoms with Crippen molar-refractivity contribution in [2.24, 2.45) is 5.92 Å². The molecule has 1 aliphatic rings. The standard InChI is InChI=1S/C20H26N2O.C2H6/c1-14(2)22-10-4-5-18(13-22)20(21)17-7-6-16-12-19(23-3)9-8-15(16)11-17;1-2/h6-9,11-12,14,18,21H,4-5,10,13H2,1-3H3;1-2H3. The number of benzene rings is 2. The van der Waals surface area contributed by atoms with Gasteiger partial charge >= 0.3 is 0 Å². The minimum atomic E-state index is 0.349. The van der Waals surface area contributed by atoms with Crippen molar-refractivity contribution in [1.29, 1.82) is 5.41 Å². The zero-order valence-electron chi connectivity index (χ0n) is 16.3. The Balaban J connectivity index is 0.00000109. The lowest BCUT2D eigenvalue weighted by Crippen LogP contribution is -2.42. The van der Waals surface area contributed by atoms with Gasteiger partial charge in [-0.25, -0.2) is 0 Å². The van der Waals surface area contributed by atoms with Gasteiger partial charge in [-0.3, -0.25) is 0 Å². The number of piperidine rings is 1. The maximum atomic E-state index is 8.66. The summed E-state index contributed by atoms with van der Waals surface area (Å²) in [5.41, 5.74) is 1.84. The molecule has 3 nitrogen and oxygen atoms in total. The van der Waals surface area contributed by atoms with Crippen LogP contribution in [0.15, 0.2) is 36.4 Å². The van der Waals surface area contributed by atoms with Crippen LogP contribution in [0.2, 0.25) is 0 Å². The molecule has 0 aliphatic carbocycles. The number of rotatable bonds is 4. The van der Waals surface area contributed by atoms with Crippen LogP contribution >= 0.6 is 0 Å². The molecule has 0 aromatic heterocycles. The number of methoxy groups -OCH3 is 1. The zero-order valence-corrected chi connectivity index (χ0v) is 16.3. The van der Waals surface area contributed by atoms with Gasteiger partial charge in [-0.05, 0) is 67.8 Å². The molecule has 2 aromatic rings. The number of hydrogen-bond donors (Lipinski definition) is 1. The Kier molecular flexibility index (Phi) is 7.01. The molecule has 1 unspecified atom stereocenters. The van der Waals surface area contributed by atoms with E-state index < -0.39 is 0 Å². The van der Waals surface area contributed by atoms with Gasteiger partial charge < -0.3 is 15.0 Å². The first-order valence-corrected chi connectivity index (χ1v) is 9.49. The lowest BCUT2D eigenvalue weighted by molar-refractivity contribution is 0.164. The smallest absolute Gasteiger partial charge is 0.119 e. The van der Waals surface area contributed by atoms with Crippen LogP contribution in [0.5, 0.6) is 5.75 Å². The van der Waals surface area contributed by atoms with Gasteiger partial charge in [-0.1, -0.05) is 32.0 Å². The molecule has 1 heterocycles. The lowest BCUT2D eigenvalue weighted by atomic mass is 9.88. The van der Waals surface area contributed by atoms with Gasteiger partial charge in [0, 0.05) is 24.2 Å². The van der Waals surface area contributed by atoms with E-state index in [-0.39, 0.29) is 0 Å². The summed E-state index contributed by atoms with van der Waals surface area (Å²) in [7, 11) is 1.69. The molecule has 0 bridgehead atoms. The van der Waals surface area contributed by atoms with E-state index >= 15 is 0 Å². The van der Waals surface area contributed by atoms with Crippen LogP contribution in [0.25, 0.3) is 10.8 Å². The van der Waals surface area contributed by atoms with Crippen LogP contribution in [0.1, 0.15) is 46.1 Å². The number of nitrogens with zero attached hydrogens (tertiary/aromatic N) is 1. The molecule has 1 aliphatic heterocycles. The summed E-state index contributed by atoms with van der Waals surface area (Å²) in [5.74, 6) is 1.22. The van der Waals surface area contributed by atoms with Crippen molar-refractivity contribution in [1.82, 2.24) is 4.90 Å². The normalized spacial score (nSPS) is 17.9. The molecule has 25 heavy (non-hydrogen) atoms. The van der Waals surface area contributed by atoms with E-state index in [9.17, 15) is 0 Å². The quantitative estimate of drug-likeness (QED) is 0.760. The van der Waals surface area contributed by atoms with Crippen molar-refractivity contribution in [3.8, 4) is 5.75 Å². The first kappa shape index (κ1) is 19.5. The highest BCUT2D eigenvalue weighted by Gasteiger charge is 2.25. The highest BCUT2D eigenvalue weighted by molar-refractivity contribution is 6.03. The summed E-state index contributed by atoms with van der Waals surface area (Å²) in [6.07, 6.45) is 2.32. The van der Waals surface area contributed by atoms with E-state index in [1.54, 1.807) is 7.11 Å². The summed E-state index contributed by atoms with van der Waals surface area (Å²) < 4.78 is 5.28. The highest BCUT2D eigenvalue weighted by atomic mass is 16.5. The Bertz CT molecular complexity index is 708. The Hall–Kier alpha value is -1.87. The molecule has 0 radical (unpaired) electrons. The summed E-state index contributed by atoms with van der Waals surface area (Å²) in [6, 6.07) is 13.0. The van der Waals surface area contributed by atoms with Gasteiger partial charge in [-0.2, -0.15) is 0 Å². The fourth-order valence-electron chi connectivity index (χ4n) is 3.47. The van der Waals surface area contributed by atoms with Crippen LogP contribution in [0, 0.1) is 11.3 Å². The number of hydrogen-bond acceptors (Lipinski definition) is 3. The number of ether oxygens (including phenoxy) is 1. The summed E-state index contributed by atoms with van der Waals surface area (Å²) in [4.78, 5) is 2.49. The van der Waals surface area contributed by atoms with Crippen molar-refractivity contribution < 1.29 is 4.74 Å². The van der Waals surface area contributed by atoms with Crippen LogP contribution in [-0.4, -0.2) is 36.9 Å². The molecular weight excluding hydrogens is 308 g/mol. The van der Waals surface area contributed by atoms with Gasteiger partial charge in [-0.15, -0.1) is 0 Å². The Morgan fingerprint density at radius 3 is 2.48 bits per heavy atom. The predicted molar refractivity (Wildman–Crippen MR) is 108 cm³/mol. The fourth-order valence-corrected chi connectivity index (χ4v) is 3.47. The zero-order chi connectivity index (χ0) is 18.4. The summed E-state index contributed by atoms with van der Waals surface area (Å²) >= 11 is 0. The third-order valence-electron chi connectivity index (χ3n) is 4.95. The molecule has 0 amide bonds. The molecule has 136 valence electrons. The molecule has 1 atom stereocenters. The molecule has 1 N–H and O–H groups in total. The number of likely N-dealkylation sites (tertiary alicyclic amines) is 1. The van der Waals surface area contributed by atoms with E-state index in [2.05, 4.69) is 43.0 Å². The molecule has 0 spiro atoms. The molecule has 2 aromatic carbocycles. The van der Waals surface area contributed by atoms with Crippen molar-refractivity contribution in [3.63, 3.8) is 0 Å². The van der Waals surface area contributed by atoms with Gasteiger partial charge in [0.25, 0.3) is 0 Å². The maximum Gasteiger partial charge on any atom is 0.119 e. The first-order chi connectivity index (χ1) is 12.1. The van der Waals surface area contributed by atoms with E-state index in [1.807, 2.05) is 26.0 Å². The van der Waals surface area contributed by atoms with Crippen LogP contribution in [0.4, 0.5) is 0 Å². The number of nitrogens with one attached hydrogen (secondary N) is 1. The molecular formula is C22H32N2O. The topological polar surface area (TPSA) is 36.3 Å². The molecule has 0 saturated carbocycles. The molecule has 1 saturated heterocycles. The average molecular weight is 341 g/mol. The maximum absolute atomic E-state index is 8.66. The molecule has 3 rings (SSSR count). The Morgan fingerprint density at radius 2 is 1.80 bits per heavy atom. The SMILES string of the molecule is CC.COc1ccc2cc(C(=N)C3CCCN(C(C)C)C3)ccc2c1. The largest absolute Gasteiger partial charge is 0.497 e. The van der Waals surface area contributed by atoms with Crippen LogP contribution < -0.4 is 4.74 Å². The van der Waals surface area contributed by atoms with Crippen molar-refractivity contribution in [2.45, 2.75) is 46.6 Å². The first-order valence-electron chi connectivity index (χ1n) is 9.49. The van der Waals surface area contributed by atoms with E-state index in [0.29, 0.717) is 12.0 Å². The monoisotopic (exact) mass is 340 g/mol. The lowest BCUT2D eigenvalue weighted by Gasteiger charge is -2.35. The van der Waals surface area contributed by atoms with Crippen molar-refractivity contribution >= 4 is 16.5 Å². The van der Waals surface area contributed by atoms with E-state index in [4.69, 9.17) is 10.1 Å². The third kappa shape index (κ3) is 4.60. The fraction of sp³-hybridized carbons (Fsp3) is 0.500. The molecule has 1 fully saturated rings. The second kappa shape index (κ2) is 9.00. The second-order valence-corrected chi connectivity index (χ2v) is 6.77. The third-order valence-corrected chi connectivity index (χ3v) is 4.95. The van der Waals surface area contributed by atoms with Gasteiger partial charge in [0.15, 0.2) is 0 Å². The predicted octanol–water partition coefficient (Wildman–Crippen LogP) is 5.36. The summed E-state index contributed by atoms with van der Waals surface area (Å²) in [6.45, 7) is 10.7. The van der Waals surface area contributed by atoms with Crippen LogP contribution in [0.3, 0.4) is 0 Å².